The van der Waals surface area contributed by atoms with Crippen LogP contribution >= 0.6 is 0 Å². The molecule has 0 unspecified atom stereocenters. The van der Waals surface area contributed by atoms with Crippen molar-refractivity contribution in [3.8, 4) is 0 Å². The first kappa shape index (κ1) is 17.3. The molecule has 2 N–H and O–H groups in total. The minimum absolute atomic E-state index is 0.665. The number of hydrogen-bond donors (Lipinski definition) is 2. The van der Waals surface area contributed by atoms with Gasteiger partial charge in [-0.1, -0.05) is 0 Å². The Morgan fingerprint density at radius 3 is 0.889 bits per heavy atom. The Balaban J connectivity index is 5.47. The van der Waals surface area contributed by atoms with E-state index in [1.807, 2.05) is 0 Å². The van der Waals surface area contributed by atoms with Crippen molar-refractivity contribution in [3.63, 3.8) is 0 Å². The zero-order valence-electron chi connectivity index (χ0n) is 12.7. The molecule has 0 aromatic heterocycles. The largest absolute Gasteiger partial charge is 0.389 e. The van der Waals surface area contributed by atoms with Gasteiger partial charge in [-0.25, -0.2) is 0 Å². The van der Waals surface area contributed by atoms with Gasteiger partial charge in [-0.2, -0.15) is 0 Å². The van der Waals surface area contributed by atoms with Crippen molar-refractivity contribution in [1.29, 1.82) is 0 Å². The van der Waals surface area contributed by atoms with E-state index in [4.69, 9.17) is 0 Å². The molecule has 0 bridgehead atoms. The van der Waals surface area contributed by atoms with Gasteiger partial charge in [0.2, 0.25) is 11.6 Å². The summed E-state index contributed by atoms with van der Waals surface area (Å²) in [6, 6.07) is 0. The molecule has 0 saturated heterocycles. The second-order valence-electron chi connectivity index (χ2n) is 7.03. The highest BCUT2D eigenvalue weighted by atomic mass is 16.3. The lowest BCUT2D eigenvalue weighted by Gasteiger charge is -2.40. The van der Waals surface area contributed by atoms with Crippen molar-refractivity contribution >= 4 is 11.6 Å². The highest BCUT2D eigenvalue weighted by Crippen LogP contribution is 2.38. The smallest absolute Gasteiger partial charge is 0.207 e. The second-order valence-corrected chi connectivity index (χ2v) is 7.03. The number of hydrogen-bond acceptors (Lipinski definition) is 4. The molecule has 0 spiro atoms. The van der Waals surface area contributed by atoms with Gasteiger partial charge in [-0.15, -0.1) is 0 Å². The van der Waals surface area contributed by atoms with Crippen LogP contribution < -0.4 is 0 Å². The monoisotopic (exact) mass is 258 g/mol. The number of ketones is 2. The van der Waals surface area contributed by atoms with Crippen LogP contribution in [0.2, 0.25) is 0 Å². The van der Waals surface area contributed by atoms with Gasteiger partial charge in [0.1, 0.15) is 0 Å². The fraction of sp³-hybridized carbons (Fsp3) is 0.857. The molecular weight excluding hydrogens is 232 g/mol. The maximum Gasteiger partial charge on any atom is 0.207 e. The molecule has 0 aliphatic rings. The molecule has 0 radical (unpaired) electrons. The molecule has 4 nitrogen and oxygen atoms in total. The summed E-state index contributed by atoms with van der Waals surface area (Å²) >= 11 is 0. The van der Waals surface area contributed by atoms with Crippen molar-refractivity contribution in [3.05, 3.63) is 0 Å². The van der Waals surface area contributed by atoms with Crippen molar-refractivity contribution in [2.75, 3.05) is 0 Å². The Bertz CT molecular complexity index is 315. The van der Waals surface area contributed by atoms with Crippen LogP contribution in [0, 0.1) is 10.8 Å². The van der Waals surface area contributed by atoms with Gasteiger partial charge in [-0.3, -0.25) is 9.59 Å². The van der Waals surface area contributed by atoms with Gasteiger partial charge in [0.25, 0.3) is 0 Å². The van der Waals surface area contributed by atoms with E-state index >= 15 is 0 Å². The van der Waals surface area contributed by atoms with E-state index in [2.05, 4.69) is 0 Å². The maximum absolute atomic E-state index is 12.3. The minimum atomic E-state index is -1.31. The van der Waals surface area contributed by atoms with Gasteiger partial charge in [0, 0.05) is 0 Å². The maximum atomic E-state index is 12.3. The summed E-state index contributed by atoms with van der Waals surface area (Å²) in [6.07, 6.45) is 0. The molecule has 18 heavy (non-hydrogen) atoms. The lowest BCUT2D eigenvalue weighted by atomic mass is 9.65. The predicted octanol–water partition coefficient (Wildman–Crippen LogP) is 1.72. The third-order valence-corrected chi connectivity index (χ3v) is 4.40. The third kappa shape index (κ3) is 2.81. The third-order valence-electron chi connectivity index (χ3n) is 4.40. The fourth-order valence-corrected chi connectivity index (χ4v) is 1.12. The Labute approximate surface area is 109 Å². The van der Waals surface area contributed by atoms with Gasteiger partial charge in [0.15, 0.2) is 0 Å². The van der Waals surface area contributed by atoms with Gasteiger partial charge >= 0.3 is 0 Å². The lowest BCUT2D eigenvalue weighted by Crippen LogP contribution is -2.55. The zero-order chi connectivity index (χ0) is 15.2. The van der Waals surface area contributed by atoms with Crippen LogP contribution in [0.4, 0.5) is 0 Å². The molecule has 0 aromatic rings. The predicted molar refractivity (Wildman–Crippen MR) is 70.2 cm³/mol. The highest BCUT2D eigenvalue weighted by molar-refractivity contribution is 6.41. The molecule has 4 heteroatoms. The van der Waals surface area contributed by atoms with Crippen molar-refractivity contribution < 1.29 is 19.8 Å². The van der Waals surface area contributed by atoms with Crippen LogP contribution in [-0.2, 0) is 9.59 Å². The number of carbonyl (C=O) groups excluding carboxylic acids is 2. The summed E-state index contributed by atoms with van der Waals surface area (Å²) in [5, 5.41) is 20.0. The summed E-state index contributed by atoms with van der Waals surface area (Å²) in [7, 11) is 0. The Morgan fingerprint density at radius 1 is 0.611 bits per heavy atom. The van der Waals surface area contributed by atoms with Gasteiger partial charge in [-0.05, 0) is 55.4 Å². The van der Waals surface area contributed by atoms with E-state index in [1.54, 1.807) is 0 Å². The number of carbonyl (C=O) groups is 2. The molecule has 0 fully saturated rings. The number of aliphatic hydroxyl groups is 2. The molecule has 0 aromatic carbocycles. The molecule has 0 rings (SSSR count). The first-order valence-corrected chi connectivity index (χ1v) is 6.11. The summed E-state index contributed by atoms with van der Waals surface area (Å²) < 4.78 is 0. The summed E-state index contributed by atoms with van der Waals surface area (Å²) in [5.74, 6) is -1.33. The molecule has 0 amide bonds. The first-order chi connectivity index (χ1) is 7.57. The topological polar surface area (TPSA) is 74.6 Å². The second kappa shape index (κ2) is 4.42. The molecule has 106 valence electrons. The van der Waals surface area contributed by atoms with Gasteiger partial charge < -0.3 is 10.2 Å². The van der Waals surface area contributed by atoms with E-state index in [1.165, 1.54) is 55.4 Å². The Hall–Kier alpha value is -0.740. The van der Waals surface area contributed by atoms with Crippen LogP contribution in [0.5, 0.6) is 0 Å². The van der Waals surface area contributed by atoms with Crippen molar-refractivity contribution in [2.24, 2.45) is 10.8 Å². The quantitative estimate of drug-likeness (QED) is 0.736. The minimum Gasteiger partial charge on any atom is -0.389 e. The molecule has 0 atom stereocenters. The van der Waals surface area contributed by atoms with E-state index in [-0.39, 0.29) is 0 Å². The Morgan fingerprint density at radius 2 is 0.778 bits per heavy atom. The lowest BCUT2D eigenvalue weighted by molar-refractivity contribution is -0.161. The summed E-state index contributed by atoms with van der Waals surface area (Å²) in [5.41, 5.74) is -5.02. The Kier molecular flexibility index (Phi) is 4.24. The van der Waals surface area contributed by atoms with E-state index in [0.29, 0.717) is 0 Å². The normalized spacial score (nSPS) is 14.6. The van der Waals surface area contributed by atoms with Gasteiger partial charge in [0.05, 0.1) is 22.0 Å². The average Bonchev–Trinajstić information content (AvgIpc) is 2.11. The number of rotatable bonds is 5. The SMILES string of the molecule is CC(C)(O)C(C)(C)C(=O)C(=O)C(C)(C)C(C)(C)O. The average molecular weight is 258 g/mol. The van der Waals surface area contributed by atoms with Crippen LogP contribution in [0.1, 0.15) is 55.4 Å². The number of Topliss-reactive ketones (excluding diaryl/α,β-unsaturated/α-hetero) is 2. The van der Waals surface area contributed by atoms with Crippen LogP contribution in [-0.4, -0.2) is 33.0 Å². The summed E-state index contributed by atoms with van der Waals surface area (Å²) in [6.45, 7) is 12.1. The van der Waals surface area contributed by atoms with E-state index in [9.17, 15) is 19.8 Å². The first-order valence-electron chi connectivity index (χ1n) is 6.11. The van der Waals surface area contributed by atoms with Crippen LogP contribution in [0.15, 0.2) is 0 Å². The van der Waals surface area contributed by atoms with Crippen LogP contribution in [0.25, 0.3) is 0 Å². The van der Waals surface area contributed by atoms with E-state index in [0.717, 1.165) is 0 Å². The molecular formula is C14H26O4. The highest BCUT2D eigenvalue weighted by Gasteiger charge is 2.52. The zero-order valence-corrected chi connectivity index (χ0v) is 12.7. The molecule has 0 aliphatic carbocycles. The standard InChI is InChI=1S/C14H26O4/c1-11(2,13(5,6)17)9(15)10(16)12(3,4)14(7,8)18/h17-18H,1-8H3. The van der Waals surface area contributed by atoms with Crippen molar-refractivity contribution in [2.45, 2.75) is 66.6 Å². The molecule has 0 saturated carbocycles. The fourth-order valence-electron chi connectivity index (χ4n) is 1.12. The van der Waals surface area contributed by atoms with E-state index < -0.39 is 33.6 Å². The molecule has 0 heterocycles. The molecule has 0 aliphatic heterocycles. The van der Waals surface area contributed by atoms with Crippen molar-refractivity contribution in [1.82, 2.24) is 0 Å². The van der Waals surface area contributed by atoms with Crippen LogP contribution in [0.3, 0.4) is 0 Å². The summed E-state index contributed by atoms with van der Waals surface area (Å²) in [4.78, 5) is 24.6.